The lowest BCUT2D eigenvalue weighted by atomic mass is 10.3. The molecule has 1 N–H and O–H groups in total. The summed E-state index contributed by atoms with van der Waals surface area (Å²) in [5.41, 5.74) is 0. The van der Waals surface area contributed by atoms with E-state index >= 15 is 0 Å². The molecule has 1 aliphatic heterocycles. The Kier molecular flexibility index (Phi) is 4.14. The Bertz CT molecular complexity index is 167. The number of hydrogen-bond acceptors (Lipinski definition) is 5. The predicted molar refractivity (Wildman–Crippen MR) is 46.9 cm³/mol. The van der Waals surface area contributed by atoms with Crippen LogP contribution in [0.15, 0.2) is 0 Å². The van der Waals surface area contributed by atoms with E-state index in [2.05, 4.69) is 4.90 Å². The smallest absolute Gasteiger partial charge is 0.322 e. The average molecular weight is 188 g/mol. The summed E-state index contributed by atoms with van der Waals surface area (Å²) in [6.07, 6.45) is 0. The van der Waals surface area contributed by atoms with Crippen molar-refractivity contribution >= 4 is 5.97 Å². The maximum absolute atomic E-state index is 10.6. The van der Waals surface area contributed by atoms with Crippen LogP contribution >= 0.6 is 0 Å². The molecule has 5 heteroatoms. The molecule has 5 nitrogen and oxygen atoms in total. The van der Waals surface area contributed by atoms with Gasteiger partial charge in [-0.2, -0.15) is 0 Å². The zero-order chi connectivity index (χ0) is 9.68. The topological polar surface area (TPSA) is 53.0 Å². The van der Waals surface area contributed by atoms with Crippen molar-refractivity contribution in [3.63, 3.8) is 0 Å². The van der Waals surface area contributed by atoms with Crippen LogP contribution in [0.3, 0.4) is 0 Å². The van der Waals surface area contributed by atoms with E-state index in [9.17, 15) is 4.79 Å². The Morgan fingerprint density at radius 3 is 2.46 bits per heavy atom. The van der Waals surface area contributed by atoms with E-state index in [0.29, 0.717) is 6.54 Å². The van der Waals surface area contributed by atoms with Gasteiger partial charge in [0.2, 0.25) is 0 Å². The zero-order valence-electron chi connectivity index (χ0n) is 7.90. The number of β-amino-alcohol motifs (C(OH)–C–C–N with tert-alkyl or cyclic N) is 1. The molecule has 1 rings (SSSR count). The molecule has 13 heavy (non-hydrogen) atoms. The van der Waals surface area contributed by atoms with Crippen molar-refractivity contribution in [1.29, 1.82) is 0 Å². The van der Waals surface area contributed by atoms with Crippen LogP contribution in [0.5, 0.6) is 0 Å². The maximum atomic E-state index is 10.6. The van der Waals surface area contributed by atoms with Crippen LogP contribution in [0.2, 0.25) is 0 Å². The lowest BCUT2D eigenvalue weighted by Crippen LogP contribution is -2.47. The highest BCUT2D eigenvalue weighted by Crippen LogP contribution is 2.01. The highest BCUT2D eigenvalue weighted by molar-refractivity contribution is 5.65. The van der Waals surface area contributed by atoms with Gasteiger partial charge in [-0.1, -0.05) is 0 Å². The van der Waals surface area contributed by atoms with E-state index < -0.39 is 0 Å². The lowest BCUT2D eigenvalue weighted by molar-refractivity contribution is -0.195. The molecule has 0 radical (unpaired) electrons. The molecule has 0 aromatic rings. The van der Waals surface area contributed by atoms with Crippen molar-refractivity contribution in [2.45, 2.75) is 6.92 Å². The molecule has 0 saturated carbocycles. The van der Waals surface area contributed by atoms with Gasteiger partial charge in [0.15, 0.2) is 0 Å². The minimum atomic E-state index is -0.268. The van der Waals surface area contributed by atoms with E-state index in [1.807, 2.05) is 0 Å². The van der Waals surface area contributed by atoms with Gasteiger partial charge in [0.1, 0.15) is 0 Å². The number of aliphatic hydroxyl groups excluding tert-OH is 1. The standard InChI is InChI=1S/C8H16N2O3/c1-8(12)13-10-4-2-9(3-5-10)6-7-11/h11H,2-7H2,1H3. The summed E-state index contributed by atoms with van der Waals surface area (Å²) in [5.74, 6) is -0.268. The molecule has 76 valence electrons. The normalized spacial score (nSPS) is 20.2. The Morgan fingerprint density at radius 1 is 1.38 bits per heavy atom. The Morgan fingerprint density at radius 2 is 2.00 bits per heavy atom. The molecule has 1 heterocycles. The molecule has 1 fully saturated rings. The average Bonchev–Trinajstić information content (AvgIpc) is 2.08. The van der Waals surface area contributed by atoms with Crippen molar-refractivity contribution in [1.82, 2.24) is 9.96 Å². The van der Waals surface area contributed by atoms with Gasteiger partial charge >= 0.3 is 5.97 Å². The lowest BCUT2D eigenvalue weighted by Gasteiger charge is -2.32. The molecule has 0 unspecified atom stereocenters. The van der Waals surface area contributed by atoms with Gasteiger partial charge in [-0.25, -0.2) is 0 Å². The van der Waals surface area contributed by atoms with Gasteiger partial charge in [0.05, 0.1) is 6.61 Å². The first-order chi connectivity index (χ1) is 6.22. The summed E-state index contributed by atoms with van der Waals surface area (Å²) < 4.78 is 0. The first-order valence-electron chi connectivity index (χ1n) is 4.49. The van der Waals surface area contributed by atoms with Crippen LogP contribution in [-0.2, 0) is 9.63 Å². The molecule has 0 amide bonds. The van der Waals surface area contributed by atoms with Crippen molar-refractivity contribution in [2.75, 3.05) is 39.3 Å². The van der Waals surface area contributed by atoms with E-state index in [4.69, 9.17) is 9.94 Å². The van der Waals surface area contributed by atoms with Gasteiger partial charge in [0, 0.05) is 39.6 Å². The largest absolute Gasteiger partial charge is 0.395 e. The second kappa shape index (κ2) is 5.16. The summed E-state index contributed by atoms with van der Waals surface area (Å²) in [7, 11) is 0. The van der Waals surface area contributed by atoms with Gasteiger partial charge in [-0.15, -0.1) is 5.06 Å². The number of piperazine rings is 1. The Hall–Kier alpha value is -0.650. The quantitative estimate of drug-likeness (QED) is 0.620. The zero-order valence-corrected chi connectivity index (χ0v) is 7.90. The summed E-state index contributed by atoms with van der Waals surface area (Å²) in [6, 6.07) is 0. The van der Waals surface area contributed by atoms with Crippen molar-refractivity contribution in [2.24, 2.45) is 0 Å². The molecule has 0 aromatic carbocycles. The fourth-order valence-electron chi connectivity index (χ4n) is 1.37. The van der Waals surface area contributed by atoms with Gasteiger partial charge in [0.25, 0.3) is 0 Å². The van der Waals surface area contributed by atoms with E-state index in [0.717, 1.165) is 26.2 Å². The van der Waals surface area contributed by atoms with Gasteiger partial charge < -0.3 is 9.94 Å². The molecule has 0 atom stereocenters. The number of aliphatic hydroxyl groups is 1. The number of nitrogens with zero attached hydrogens (tertiary/aromatic N) is 2. The second-order valence-electron chi connectivity index (χ2n) is 3.08. The molecule has 1 aliphatic rings. The van der Waals surface area contributed by atoms with Crippen LogP contribution in [0.1, 0.15) is 6.92 Å². The summed E-state index contributed by atoms with van der Waals surface area (Å²) in [4.78, 5) is 17.7. The van der Waals surface area contributed by atoms with Crippen LogP contribution in [0, 0.1) is 0 Å². The number of rotatable bonds is 3. The molecule has 0 aliphatic carbocycles. The molecule has 0 bridgehead atoms. The number of carbonyl (C=O) groups is 1. The van der Waals surface area contributed by atoms with E-state index in [-0.39, 0.29) is 12.6 Å². The Balaban J connectivity index is 2.18. The summed E-state index contributed by atoms with van der Waals surface area (Å²) >= 11 is 0. The number of hydroxylamine groups is 2. The second-order valence-corrected chi connectivity index (χ2v) is 3.08. The fraction of sp³-hybridized carbons (Fsp3) is 0.875. The minimum Gasteiger partial charge on any atom is -0.395 e. The summed E-state index contributed by atoms with van der Waals surface area (Å²) in [5, 5.41) is 10.4. The molecule has 0 spiro atoms. The highest BCUT2D eigenvalue weighted by atomic mass is 16.7. The molecular formula is C8H16N2O3. The maximum Gasteiger partial charge on any atom is 0.322 e. The predicted octanol–water partition coefficient (Wildman–Crippen LogP) is -0.926. The monoisotopic (exact) mass is 188 g/mol. The van der Waals surface area contributed by atoms with Crippen molar-refractivity contribution in [3.05, 3.63) is 0 Å². The van der Waals surface area contributed by atoms with Crippen LogP contribution in [0.25, 0.3) is 0 Å². The van der Waals surface area contributed by atoms with Crippen LogP contribution < -0.4 is 0 Å². The van der Waals surface area contributed by atoms with Gasteiger partial charge in [-0.05, 0) is 0 Å². The third-order valence-corrected chi connectivity index (χ3v) is 2.01. The van der Waals surface area contributed by atoms with Crippen LogP contribution in [0.4, 0.5) is 0 Å². The third kappa shape index (κ3) is 3.71. The fourth-order valence-corrected chi connectivity index (χ4v) is 1.37. The minimum absolute atomic E-state index is 0.188. The van der Waals surface area contributed by atoms with E-state index in [1.165, 1.54) is 6.92 Å². The number of hydrogen-bond donors (Lipinski definition) is 1. The van der Waals surface area contributed by atoms with Crippen molar-refractivity contribution in [3.8, 4) is 0 Å². The Labute approximate surface area is 77.8 Å². The first-order valence-corrected chi connectivity index (χ1v) is 4.49. The number of carbonyl (C=O) groups excluding carboxylic acids is 1. The third-order valence-electron chi connectivity index (χ3n) is 2.01. The highest BCUT2D eigenvalue weighted by Gasteiger charge is 2.17. The SMILES string of the molecule is CC(=O)ON1CCN(CCO)CC1. The van der Waals surface area contributed by atoms with Gasteiger partial charge in [-0.3, -0.25) is 9.69 Å². The summed E-state index contributed by atoms with van der Waals surface area (Å²) in [6.45, 7) is 5.42. The first kappa shape index (κ1) is 10.4. The van der Waals surface area contributed by atoms with E-state index in [1.54, 1.807) is 5.06 Å². The molecular weight excluding hydrogens is 172 g/mol. The molecule has 0 aromatic heterocycles. The van der Waals surface area contributed by atoms with Crippen molar-refractivity contribution < 1.29 is 14.7 Å². The molecule has 1 saturated heterocycles. The van der Waals surface area contributed by atoms with Crippen LogP contribution in [-0.4, -0.2) is 60.4 Å².